The van der Waals surface area contributed by atoms with Gasteiger partial charge in [-0.1, -0.05) is 69.1 Å². The molecule has 0 saturated carbocycles. The van der Waals surface area contributed by atoms with Crippen molar-refractivity contribution in [1.82, 2.24) is 4.90 Å². The van der Waals surface area contributed by atoms with Gasteiger partial charge >= 0.3 is 0 Å². The van der Waals surface area contributed by atoms with Gasteiger partial charge in [0, 0.05) is 4.47 Å². The zero-order valence-corrected chi connectivity index (χ0v) is 21.0. The molecule has 1 fully saturated rings. The number of thioether (sulfide) groups is 1. The predicted octanol–water partition coefficient (Wildman–Crippen LogP) is 7.28. The van der Waals surface area contributed by atoms with Gasteiger partial charge in [0.25, 0.3) is 5.24 Å². The third-order valence-electron chi connectivity index (χ3n) is 5.07. The number of imide groups is 1. The van der Waals surface area contributed by atoms with E-state index < -0.39 is 5.25 Å². The van der Waals surface area contributed by atoms with Gasteiger partial charge in [0.1, 0.15) is 18.2 Å². The molecule has 1 saturated heterocycles. The molecule has 1 aliphatic rings. The second-order valence-corrected chi connectivity index (χ2v) is 10.3. The van der Waals surface area contributed by atoms with Crippen LogP contribution in [0.1, 0.15) is 16.7 Å². The molecule has 1 atom stereocenters. The maximum Gasteiger partial charge on any atom is 0.289 e. The Balaban J connectivity index is 1.47. The van der Waals surface area contributed by atoms with Crippen molar-refractivity contribution in [2.24, 2.45) is 0 Å². The van der Waals surface area contributed by atoms with Crippen LogP contribution < -0.4 is 4.74 Å². The molecule has 0 bridgehead atoms. The minimum absolute atomic E-state index is 0.112. The molecule has 0 N–H and O–H groups in total. The highest BCUT2D eigenvalue weighted by Gasteiger charge is 2.39. The first kappa shape index (κ1) is 24.1. The van der Waals surface area contributed by atoms with E-state index in [0.717, 1.165) is 27.4 Å². The Labute approximate surface area is 213 Å². The monoisotopic (exact) mass is 567 g/mol. The summed E-state index contributed by atoms with van der Waals surface area (Å²) in [7, 11) is 0. The highest BCUT2D eigenvalue weighted by atomic mass is 79.9. The summed E-state index contributed by atoms with van der Waals surface area (Å²) in [4.78, 5) is 26.7. The molecule has 0 spiro atoms. The van der Waals surface area contributed by atoms with Gasteiger partial charge in [-0.3, -0.25) is 14.5 Å². The van der Waals surface area contributed by atoms with Crippen LogP contribution in [-0.2, 0) is 24.4 Å². The van der Waals surface area contributed by atoms with E-state index in [2.05, 4.69) is 15.9 Å². The number of benzene rings is 3. The third-order valence-corrected chi connectivity index (χ3v) is 7.37. The van der Waals surface area contributed by atoms with Crippen molar-refractivity contribution in [3.63, 3.8) is 0 Å². The van der Waals surface area contributed by atoms with Crippen LogP contribution in [0.3, 0.4) is 0 Å². The van der Waals surface area contributed by atoms with Crippen molar-refractivity contribution < 1.29 is 18.7 Å². The van der Waals surface area contributed by atoms with Crippen LogP contribution in [0.4, 0.5) is 9.18 Å². The Bertz CT molecular complexity index is 1210. The molecular weight excluding hydrogens is 552 g/mol. The van der Waals surface area contributed by atoms with Crippen LogP contribution in [0.5, 0.6) is 5.75 Å². The molecule has 170 valence electrons. The summed E-state index contributed by atoms with van der Waals surface area (Å²) >= 11 is 16.5. The van der Waals surface area contributed by atoms with Crippen molar-refractivity contribution in [3.8, 4) is 5.75 Å². The summed E-state index contributed by atoms with van der Waals surface area (Å²) in [6, 6.07) is 16.6. The molecule has 4 nitrogen and oxygen atoms in total. The molecular formula is C24H17BrCl2FNO3S. The van der Waals surface area contributed by atoms with E-state index in [1.54, 1.807) is 24.3 Å². The van der Waals surface area contributed by atoms with Crippen molar-refractivity contribution in [2.45, 2.75) is 24.8 Å². The predicted molar refractivity (Wildman–Crippen MR) is 132 cm³/mol. The summed E-state index contributed by atoms with van der Waals surface area (Å²) < 4.78 is 20.0. The lowest BCUT2D eigenvalue weighted by molar-refractivity contribution is -0.127. The molecule has 9 heteroatoms. The summed E-state index contributed by atoms with van der Waals surface area (Å²) in [5.41, 5.74) is 2.34. The lowest BCUT2D eigenvalue weighted by atomic mass is 10.1. The Morgan fingerprint density at radius 2 is 1.70 bits per heavy atom. The number of hydrogen-bond donors (Lipinski definition) is 0. The van der Waals surface area contributed by atoms with E-state index >= 15 is 0 Å². The highest BCUT2D eigenvalue weighted by Crippen LogP contribution is 2.34. The molecule has 0 unspecified atom stereocenters. The highest BCUT2D eigenvalue weighted by molar-refractivity contribution is 9.10. The van der Waals surface area contributed by atoms with Gasteiger partial charge in [0.15, 0.2) is 0 Å². The molecule has 0 aliphatic carbocycles. The SMILES string of the molecule is O=C1S[C@@H](Cc2cc(Br)ccc2OCc2ccc(Cl)c(Cl)c2)C(=O)N1Cc1ccc(F)cc1. The average molecular weight is 569 g/mol. The Morgan fingerprint density at radius 1 is 0.970 bits per heavy atom. The van der Waals surface area contributed by atoms with Crippen molar-refractivity contribution in [3.05, 3.63) is 97.7 Å². The van der Waals surface area contributed by atoms with Crippen LogP contribution in [0.2, 0.25) is 10.0 Å². The first-order valence-electron chi connectivity index (χ1n) is 9.92. The van der Waals surface area contributed by atoms with Crippen LogP contribution in [0.25, 0.3) is 0 Å². The molecule has 33 heavy (non-hydrogen) atoms. The van der Waals surface area contributed by atoms with E-state index in [1.165, 1.54) is 17.0 Å². The fourth-order valence-corrected chi connectivity index (χ4v) is 5.13. The lowest BCUT2D eigenvalue weighted by Crippen LogP contribution is -2.31. The number of hydrogen-bond acceptors (Lipinski definition) is 4. The molecule has 3 aromatic rings. The fourth-order valence-electron chi connectivity index (χ4n) is 3.38. The van der Waals surface area contributed by atoms with Gasteiger partial charge in [-0.15, -0.1) is 0 Å². The number of rotatable bonds is 7. The lowest BCUT2D eigenvalue weighted by Gasteiger charge is -2.16. The Kier molecular flexibility index (Phi) is 7.64. The second-order valence-electron chi connectivity index (χ2n) is 7.42. The number of nitrogens with zero attached hydrogens (tertiary/aromatic N) is 1. The maximum absolute atomic E-state index is 13.2. The summed E-state index contributed by atoms with van der Waals surface area (Å²) in [5, 5.41) is 0.0278. The van der Waals surface area contributed by atoms with Gasteiger partial charge in [0.05, 0.1) is 21.8 Å². The normalized spacial score (nSPS) is 15.9. The molecule has 0 aromatic heterocycles. The van der Waals surface area contributed by atoms with Crippen LogP contribution in [0.15, 0.2) is 65.1 Å². The van der Waals surface area contributed by atoms with Gasteiger partial charge in [0.2, 0.25) is 5.91 Å². The first-order chi connectivity index (χ1) is 15.8. The van der Waals surface area contributed by atoms with E-state index in [-0.39, 0.29) is 30.1 Å². The van der Waals surface area contributed by atoms with Crippen LogP contribution in [0, 0.1) is 5.82 Å². The standard InChI is InChI=1S/C24H17BrCl2FNO3S/c25-17-4-8-21(32-13-15-3-7-19(26)20(27)9-15)16(10-17)11-22-23(30)29(24(31)33-22)12-14-1-5-18(28)6-2-14/h1-10,22H,11-13H2/t22-/m0/s1. The van der Waals surface area contributed by atoms with Crippen LogP contribution in [-0.4, -0.2) is 21.3 Å². The summed E-state index contributed by atoms with van der Waals surface area (Å²) in [5.74, 6) is -0.0278. The molecule has 1 heterocycles. The van der Waals surface area contributed by atoms with E-state index in [9.17, 15) is 14.0 Å². The molecule has 4 rings (SSSR count). The summed E-state index contributed by atoms with van der Waals surface area (Å²) in [6.45, 7) is 0.382. The first-order valence-corrected chi connectivity index (χ1v) is 12.3. The van der Waals surface area contributed by atoms with Crippen LogP contribution >= 0.6 is 50.9 Å². The number of amides is 2. The Morgan fingerprint density at radius 3 is 2.42 bits per heavy atom. The minimum atomic E-state index is -0.570. The zero-order chi connectivity index (χ0) is 23.5. The van der Waals surface area contributed by atoms with E-state index in [1.807, 2.05) is 24.3 Å². The van der Waals surface area contributed by atoms with Gasteiger partial charge in [-0.05, 0) is 65.6 Å². The number of carbonyl (C=O) groups excluding carboxylic acids is 2. The number of carbonyl (C=O) groups is 2. The largest absolute Gasteiger partial charge is 0.489 e. The molecule has 1 aliphatic heterocycles. The maximum atomic E-state index is 13.2. The van der Waals surface area contributed by atoms with Gasteiger partial charge < -0.3 is 4.74 Å². The van der Waals surface area contributed by atoms with E-state index in [0.29, 0.717) is 27.8 Å². The summed E-state index contributed by atoms with van der Waals surface area (Å²) in [6.07, 6.45) is 0.325. The molecule has 0 radical (unpaired) electrons. The van der Waals surface area contributed by atoms with Crippen molar-refractivity contribution >= 4 is 62.0 Å². The van der Waals surface area contributed by atoms with Gasteiger partial charge in [-0.2, -0.15) is 0 Å². The van der Waals surface area contributed by atoms with E-state index in [4.69, 9.17) is 27.9 Å². The smallest absolute Gasteiger partial charge is 0.289 e. The van der Waals surface area contributed by atoms with Crippen molar-refractivity contribution in [1.29, 1.82) is 0 Å². The molecule has 2 amide bonds. The quantitative estimate of drug-likeness (QED) is 0.300. The number of ether oxygens (including phenoxy) is 1. The van der Waals surface area contributed by atoms with Crippen molar-refractivity contribution in [2.75, 3.05) is 0 Å². The average Bonchev–Trinajstić information content (AvgIpc) is 3.04. The Hall–Kier alpha value is -2.06. The fraction of sp³-hybridized carbons (Fsp3) is 0.167. The zero-order valence-electron chi connectivity index (χ0n) is 17.1. The van der Waals surface area contributed by atoms with Gasteiger partial charge in [-0.25, -0.2) is 4.39 Å². The molecule has 3 aromatic carbocycles. The minimum Gasteiger partial charge on any atom is -0.489 e. The topological polar surface area (TPSA) is 46.6 Å². The second kappa shape index (κ2) is 10.5. The number of halogens is 4. The third kappa shape index (κ3) is 5.90.